The second kappa shape index (κ2) is 10.7. The van der Waals surface area contributed by atoms with Gasteiger partial charge >= 0.3 is 0 Å². The Morgan fingerprint density at radius 2 is 1.80 bits per heavy atom. The van der Waals surface area contributed by atoms with Crippen molar-refractivity contribution in [3.8, 4) is 0 Å². The molecule has 0 saturated carbocycles. The molecule has 3 aromatic carbocycles. The lowest BCUT2D eigenvalue weighted by atomic mass is 9.83. The van der Waals surface area contributed by atoms with E-state index in [1.54, 1.807) is 17.8 Å². The molecule has 3 aromatic rings. The Morgan fingerprint density at radius 3 is 2.66 bits per heavy atom. The third-order valence-electron chi connectivity index (χ3n) is 6.75. The van der Waals surface area contributed by atoms with Gasteiger partial charge in [0, 0.05) is 23.0 Å². The normalized spacial score (nSPS) is 22.5. The van der Waals surface area contributed by atoms with Crippen LogP contribution >= 0.6 is 11.8 Å². The molecule has 2 N–H and O–H groups in total. The van der Waals surface area contributed by atoms with Crippen molar-refractivity contribution >= 4 is 40.0 Å². The monoisotopic (exact) mass is 488 g/mol. The molecule has 2 aliphatic rings. The summed E-state index contributed by atoms with van der Waals surface area (Å²) in [6.45, 7) is 0.607. The number of ketones is 2. The number of piperidine rings is 1. The van der Waals surface area contributed by atoms with E-state index < -0.39 is 24.1 Å². The molecule has 0 bridgehead atoms. The van der Waals surface area contributed by atoms with Crippen molar-refractivity contribution in [2.45, 2.75) is 30.4 Å². The number of nitrogens with one attached hydrogen (secondary N) is 2. The zero-order valence-corrected chi connectivity index (χ0v) is 20.1. The van der Waals surface area contributed by atoms with E-state index in [0.29, 0.717) is 24.3 Å². The van der Waals surface area contributed by atoms with Gasteiger partial charge in [0.2, 0.25) is 0 Å². The highest BCUT2D eigenvalue weighted by molar-refractivity contribution is 7.98. The minimum Gasteiger partial charge on any atom is -0.368 e. The average Bonchev–Trinajstić information content (AvgIpc) is 3.28. The summed E-state index contributed by atoms with van der Waals surface area (Å²) in [7, 11) is 0. The van der Waals surface area contributed by atoms with Gasteiger partial charge in [-0.25, -0.2) is 0 Å². The van der Waals surface area contributed by atoms with Crippen LogP contribution in [0.3, 0.4) is 0 Å². The van der Waals surface area contributed by atoms with E-state index in [2.05, 4.69) is 10.6 Å². The Kier molecular flexibility index (Phi) is 7.27. The quantitative estimate of drug-likeness (QED) is 0.506. The number of Topliss-reactive ketones (excluding diaryl/α,β-unsaturated/α-hetero) is 2. The van der Waals surface area contributed by atoms with Crippen LogP contribution in [0.15, 0.2) is 72.8 Å². The first-order chi connectivity index (χ1) is 17.1. The molecule has 0 spiro atoms. The summed E-state index contributed by atoms with van der Waals surface area (Å²) >= 11 is 1.61. The molecule has 0 aromatic heterocycles. The van der Waals surface area contributed by atoms with E-state index in [1.807, 2.05) is 66.7 Å². The minimum atomic E-state index is -0.682. The van der Waals surface area contributed by atoms with Gasteiger partial charge in [-0.1, -0.05) is 66.7 Å². The Balaban J connectivity index is 1.36. The number of amides is 1. The van der Waals surface area contributed by atoms with Crippen molar-refractivity contribution in [3.05, 3.63) is 83.9 Å². The van der Waals surface area contributed by atoms with Gasteiger partial charge in [0.25, 0.3) is 5.91 Å². The highest BCUT2D eigenvalue weighted by Crippen LogP contribution is 2.28. The lowest BCUT2D eigenvalue weighted by Crippen LogP contribution is -2.56. The summed E-state index contributed by atoms with van der Waals surface area (Å²) in [4.78, 5) is 39.4. The molecule has 1 amide bonds. The maximum absolute atomic E-state index is 13.8. The highest BCUT2D eigenvalue weighted by Gasteiger charge is 2.47. The molecule has 2 fully saturated rings. The molecule has 4 unspecified atom stereocenters. The molecule has 5 rings (SSSR count). The van der Waals surface area contributed by atoms with E-state index >= 15 is 0 Å². The number of benzene rings is 3. The van der Waals surface area contributed by atoms with Crippen LogP contribution < -0.4 is 10.6 Å². The van der Waals surface area contributed by atoms with Gasteiger partial charge in [0.1, 0.15) is 6.61 Å². The van der Waals surface area contributed by atoms with Crippen molar-refractivity contribution in [1.29, 1.82) is 0 Å². The van der Waals surface area contributed by atoms with Crippen molar-refractivity contribution < 1.29 is 19.1 Å². The van der Waals surface area contributed by atoms with Crippen molar-refractivity contribution in [2.24, 2.45) is 5.92 Å². The van der Waals surface area contributed by atoms with E-state index in [-0.39, 0.29) is 24.1 Å². The van der Waals surface area contributed by atoms with Crippen molar-refractivity contribution in [2.75, 3.05) is 18.9 Å². The molecule has 2 saturated heterocycles. The smallest absolute Gasteiger partial charge is 0.252 e. The van der Waals surface area contributed by atoms with Gasteiger partial charge in [-0.15, -0.1) is 0 Å². The van der Waals surface area contributed by atoms with Crippen LogP contribution in [0.4, 0.5) is 0 Å². The van der Waals surface area contributed by atoms with Gasteiger partial charge in [0.15, 0.2) is 11.6 Å². The second-order valence-electron chi connectivity index (χ2n) is 9.02. The predicted octanol–water partition coefficient (Wildman–Crippen LogP) is 3.39. The first-order valence-corrected chi connectivity index (χ1v) is 13.1. The molecule has 2 aliphatic heterocycles. The van der Waals surface area contributed by atoms with Crippen LogP contribution in [0.25, 0.3) is 10.8 Å². The molecule has 180 valence electrons. The average molecular weight is 489 g/mol. The standard InChI is InChI=1S/C28H28N2O4S/c31-24-15-34-27-22(13-14-29-25(24)27)26(32)23(17-35-16-18-7-2-1-3-8-18)30-28(33)21-12-6-10-19-9-4-5-11-20(19)21/h1-12,22-23,25,27,29H,13-17H2,(H,30,33). The van der Waals surface area contributed by atoms with Crippen LogP contribution in [-0.4, -0.2) is 54.6 Å². The number of hydrogen-bond acceptors (Lipinski definition) is 6. The van der Waals surface area contributed by atoms with Crippen LogP contribution in [0.1, 0.15) is 22.3 Å². The maximum Gasteiger partial charge on any atom is 0.252 e. The lowest BCUT2D eigenvalue weighted by molar-refractivity contribution is -0.130. The SMILES string of the molecule is O=C(NC(CSCc1ccccc1)C(=O)C1CCNC2C(=O)COC12)c1cccc2ccccc12. The fourth-order valence-electron chi connectivity index (χ4n) is 4.97. The second-order valence-corrected chi connectivity index (χ2v) is 10.1. The molecule has 35 heavy (non-hydrogen) atoms. The molecule has 2 heterocycles. The summed E-state index contributed by atoms with van der Waals surface area (Å²) in [6, 6.07) is 22.3. The molecule has 0 radical (unpaired) electrons. The largest absolute Gasteiger partial charge is 0.368 e. The van der Waals surface area contributed by atoms with Gasteiger partial charge in [-0.05, 0) is 35.4 Å². The Bertz CT molecular complexity index is 1230. The lowest BCUT2D eigenvalue weighted by Gasteiger charge is -2.33. The molecular weight excluding hydrogens is 460 g/mol. The summed E-state index contributed by atoms with van der Waals surface area (Å²) in [6.07, 6.45) is 0.108. The van der Waals surface area contributed by atoms with E-state index in [9.17, 15) is 14.4 Å². The number of ether oxygens (including phenoxy) is 1. The van der Waals surface area contributed by atoms with Crippen LogP contribution in [0, 0.1) is 5.92 Å². The first-order valence-electron chi connectivity index (χ1n) is 11.9. The predicted molar refractivity (Wildman–Crippen MR) is 137 cm³/mol. The number of rotatable bonds is 8. The van der Waals surface area contributed by atoms with Crippen LogP contribution in [0.5, 0.6) is 0 Å². The highest BCUT2D eigenvalue weighted by atomic mass is 32.2. The molecule has 6 nitrogen and oxygen atoms in total. The number of carbonyl (C=O) groups is 3. The number of hydrogen-bond donors (Lipinski definition) is 2. The first kappa shape index (κ1) is 23.7. The van der Waals surface area contributed by atoms with Crippen molar-refractivity contribution in [3.63, 3.8) is 0 Å². The number of fused-ring (bicyclic) bond motifs is 2. The molecule has 0 aliphatic carbocycles. The summed E-state index contributed by atoms with van der Waals surface area (Å²) in [5, 5.41) is 8.04. The summed E-state index contributed by atoms with van der Waals surface area (Å²) in [5.41, 5.74) is 1.71. The number of carbonyl (C=O) groups excluding carboxylic acids is 3. The number of thioether (sulfide) groups is 1. The zero-order valence-electron chi connectivity index (χ0n) is 19.3. The van der Waals surface area contributed by atoms with E-state index in [1.165, 1.54) is 0 Å². The topological polar surface area (TPSA) is 84.5 Å². The van der Waals surface area contributed by atoms with Gasteiger partial charge in [-0.3, -0.25) is 14.4 Å². The minimum absolute atomic E-state index is 0.0118. The fourth-order valence-corrected chi connectivity index (χ4v) is 6.00. The molecule has 7 heteroatoms. The molecule has 4 atom stereocenters. The Morgan fingerprint density at radius 1 is 1.03 bits per heavy atom. The zero-order chi connectivity index (χ0) is 24.2. The van der Waals surface area contributed by atoms with E-state index in [0.717, 1.165) is 22.1 Å². The summed E-state index contributed by atoms with van der Waals surface area (Å²) < 4.78 is 5.72. The third kappa shape index (κ3) is 5.17. The summed E-state index contributed by atoms with van der Waals surface area (Å²) in [5.74, 6) is 0.409. The Labute approximate surface area is 208 Å². The Hall–Kier alpha value is -3.00. The van der Waals surface area contributed by atoms with Crippen molar-refractivity contribution in [1.82, 2.24) is 10.6 Å². The third-order valence-corrected chi connectivity index (χ3v) is 7.86. The maximum atomic E-state index is 13.8. The van der Waals surface area contributed by atoms with Crippen LogP contribution in [0.2, 0.25) is 0 Å². The van der Waals surface area contributed by atoms with E-state index in [4.69, 9.17) is 4.74 Å². The fraction of sp³-hybridized carbons (Fsp3) is 0.321. The van der Waals surface area contributed by atoms with Gasteiger partial charge in [-0.2, -0.15) is 11.8 Å². The van der Waals surface area contributed by atoms with Gasteiger partial charge in [0.05, 0.1) is 18.2 Å². The van der Waals surface area contributed by atoms with Gasteiger partial charge < -0.3 is 15.4 Å². The molecular formula is C28H28N2O4S. The van der Waals surface area contributed by atoms with Crippen LogP contribution in [-0.2, 0) is 20.1 Å².